The molecule has 0 radical (unpaired) electrons. The van der Waals surface area contributed by atoms with Crippen molar-refractivity contribution in [1.82, 2.24) is 20.5 Å². The van der Waals surface area contributed by atoms with E-state index in [0.29, 0.717) is 30.3 Å². The normalized spacial score (nSPS) is 11.6. The van der Waals surface area contributed by atoms with Crippen LogP contribution in [0.25, 0.3) is 0 Å². The minimum Gasteiger partial charge on any atom is -0.453 e. The topological polar surface area (TPSA) is 61.8 Å². The van der Waals surface area contributed by atoms with E-state index < -0.39 is 5.82 Å². The maximum Gasteiger partial charge on any atom is 0.191 e. The number of guanidine groups is 1. The van der Waals surface area contributed by atoms with E-state index in [9.17, 15) is 4.39 Å². The molecule has 8 heteroatoms. The minimum atomic E-state index is -0.416. The minimum absolute atomic E-state index is 0. The maximum absolute atomic E-state index is 14.4. The van der Waals surface area contributed by atoms with Gasteiger partial charge in [-0.15, -0.1) is 24.0 Å². The molecule has 0 bridgehead atoms. The number of ether oxygens (including phenoxy) is 1. The average Bonchev–Trinajstić information content (AvgIpc) is 2.69. The molecule has 2 aromatic rings. The summed E-state index contributed by atoms with van der Waals surface area (Å²) in [7, 11) is 1.73. The number of benzene rings is 1. The SMILES string of the molecule is CN=C(NCCN(C(C)C)C(C)C)NCc1ccc(Oc2cccnc2)c(F)c1.I. The van der Waals surface area contributed by atoms with Crippen molar-refractivity contribution in [2.75, 3.05) is 20.1 Å². The molecule has 0 atom stereocenters. The van der Waals surface area contributed by atoms with Crippen molar-refractivity contribution >= 4 is 29.9 Å². The summed E-state index contributed by atoms with van der Waals surface area (Å²) in [6.07, 6.45) is 3.19. The largest absolute Gasteiger partial charge is 0.453 e. The lowest BCUT2D eigenvalue weighted by Gasteiger charge is -2.30. The molecule has 0 saturated heterocycles. The molecule has 166 valence electrons. The third-order valence-corrected chi connectivity index (χ3v) is 4.53. The van der Waals surface area contributed by atoms with E-state index in [1.165, 1.54) is 6.07 Å². The lowest BCUT2D eigenvalue weighted by atomic mass is 10.2. The van der Waals surface area contributed by atoms with Gasteiger partial charge in [0.05, 0.1) is 6.20 Å². The zero-order valence-corrected chi connectivity index (χ0v) is 20.7. The first-order chi connectivity index (χ1) is 13.9. The molecule has 1 aromatic carbocycles. The molecular formula is C22H33FIN5O. The van der Waals surface area contributed by atoms with Crippen molar-refractivity contribution in [3.05, 3.63) is 54.1 Å². The van der Waals surface area contributed by atoms with Crippen LogP contribution in [0.15, 0.2) is 47.7 Å². The van der Waals surface area contributed by atoms with Gasteiger partial charge in [0.1, 0.15) is 5.75 Å². The Labute approximate surface area is 196 Å². The van der Waals surface area contributed by atoms with Gasteiger partial charge in [0.25, 0.3) is 0 Å². The quantitative estimate of drug-likeness (QED) is 0.286. The predicted molar refractivity (Wildman–Crippen MR) is 131 cm³/mol. The van der Waals surface area contributed by atoms with Gasteiger partial charge in [-0.05, 0) is 57.5 Å². The summed E-state index contributed by atoms with van der Waals surface area (Å²) in [6, 6.07) is 9.37. The summed E-state index contributed by atoms with van der Waals surface area (Å²) < 4.78 is 19.9. The summed E-state index contributed by atoms with van der Waals surface area (Å²) in [4.78, 5) is 10.6. The van der Waals surface area contributed by atoms with Crippen LogP contribution >= 0.6 is 24.0 Å². The van der Waals surface area contributed by atoms with Crippen molar-refractivity contribution < 1.29 is 9.13 Å². The first-order valence-electron chi connectivity index (χ1n) is 9.97. The zero-order chi connectivity index (χ0) is 21.2. The van der Waals surface area contributed by atoms with Crippen LogP contribution in [0.3, 0.4) is 0 Å². The van der Waals surface area contributed by atoms with Gasteiger partial charge in [-0.1, -0.05) is 6.07 Å². The highest BCUT2D eigenvalue weighted by atomic mass is 127. The Hall–Kier alpha value is -1.94. The Kier molecular flexibility index (Phi) is 11.6. The Bertz CT molecular complexity index is 778. The number of nitrogens with one attached hydrogen (secondary N) is 2. The molecule has 0 aliphatic carbocycles. The number of hydrogen-bond acceptors (Lipinski definition) is 4. The molecule has 1 heterocycles. The van der Waals surface area contributed by atoms with Crippen molar-refractivity contribution in [1.29, 1.82) is 0 Å². The first kappa shape index (κ1) is 26.1. The molecule has 0 saturated carbocycles. The van der Waals surface area contributed by atoms with Crippen LogP contribution in [0.4, 0.5) is 4.39 Å². The van der Waals surface area contributed by atoms with Gasteiger partial charge in [-0.2, -0.15) is 0 Å². The Morgan fingerprint density at radius 1 is 1.17 bits per heavy atom. The van der Waals surface area contributed by atoms with Gasteiger partial charge < -0.3 is 15.4 Å². The molecule has 0 unspecified atom stereocenters. The van der Waals surface area contributed by atoms with E-state index >= 15 is 0 Å². The van der Waals surface area contributed by atoms with Gasteiger partial charge >= 0.3 is 0 Å². The van der Waals surface area contributed by atoms with E-state index in [2.05, 4.69) is 53.2 Å². The fourth-order valence-corrected chi connectivity index (χ4v) is 3.09. The van der Waals surface area contributed by atoms with Crippen LogP contribution in [0.1, 0.15) is 33.3 Å². The summed E-state index contributed by atoms with van der Waals surface area (Å²) in [5.41, 5.74) is 0.801. The van der Waals surface area contributed by atoms with E-state index in [1.54, 1.807) is 37.6 Å². The maximum atomic E-state index is 14.4. The van der Waals surface area contributed by atoms with Crippen LogP contribution in [0, 0.1) is 5.82 Å². The lowest BCUT2D eigenvalue weighted by Crippen LogP contribution is -2.45. The molecule has 2 N–H and O–H groups in total. The van der Waals surface area contributed by atoms with Gasteiger partial charge in [-0.3, -0.25) is 14.9 Å². The zero-order valence-electron chi connectivity index (χ0n) is 18.4. The second-order valence-electron chi connectivity index (χ2n) is 7.33. The molecule has 0 aliphatic rings. The smallest absolute Gasteiger partial charge is 0.191 e. The Morgan fingerprint density at radius 3 is 2.47 bits per heavy atom. The first-order valence-corrected chi connectivity index (χ1v) is 9.97. The van der Waals surface area contributed by atoms with Gasteiger partial charge in [0, 0.05) is 45.0 Å². The van der Waals surface area contributed by atoms with Crippen LogP contribution in [-0.4, -0.2) is 48.1 Å². The van der Waals surface area contributed by atoms with Gasteiger partial charge in [0.2, 0.25) is 0 Å². The van der Waals surface area contributed by atoms with E-state index in [-0.39, 0.29) is 29.7 Å². The fourth-order valence-electron chi connectivity index (χ4n) is 3.09. The third-order valence-electron chi connectivity index (χ3n) is 4.53. The molecule has 0 amide bonds. The number of aliphatic imine (C=N–C) groups is 1. The molecule has 2 rings (SSSR count). The summed E-state index contributed by atoms with van der Waals surface area (Å²) in [6.45, 7) is 11.0. The van der Waals surface area contributed by atoms with E-state index in [4.69, 9.17) is 4.74 Å². The highest BCUT2D eigenvalue weighted by Gasteiger charge is 2.13. The second-order valence-corrected chi connectivity index (χ2v) is 7.33. The summed E-state index contributed by atoms with van der Waals surface area (Å²) in [5, 5.41) is 6.53. The Balaban J connectivity index is 0.00000450. The number of halogens is 2. The van der Waals surface area contributed by atoms with Gasteiger partial charge in [-0.25, -0.2) is 4.39 Å². The number of hydrogen-bond donors (Lipinski definition) is 2. The number of rotatable bonds is 9. The molecule has 0 spiro atoms. The van der Waals surface area contributed by atoms with E-state index in [0.717, 1.165) is 18.7 Å². The van der Waals surface area contributed by atoms with Crippen molar-refractivity contribution in [2.45, 2.75) is 46.3 Å². The number of pyridine rings is 1. The molecule has 30 heavy (non-hydrogen) atoms. The van der Waals surface area contributed by atoms with Crippen molar-refractivity contribution in [3.63, 3.8) is 0 Å². The Morgan fingerprint density at radius 2 is 1.90 bits per heavy atom. The number of nitrogens with zero attached hydrogens (tertiary/aromatic N) is 3. The lowest BCUT2D eigenvalue weighted by molar-refractivity contribution is 0.178. The summed E-state index contributed by atoms with van der Waals surface area (Å²) in [5.74, 6) is 0.944. The molecule has 1 aromatic heterocycles. The second kappa shape index (κ2) is 13.4. The van der Waals surface area contributed by atoms with Crippen LogP contribution in [0.2, 0.25) is 0 Å². The van der Waals surface area contributed by atoms with Crippen LogP contribution in [-0.2, 0) is 6.54 Å². The van der Waals surface area contributed by atoms with E-state index in [1.807, 2.05) is 6.07 Å². The molecular weight excluding hydrogens is 496 g/mol. The highest BCUT2D eigenvalue weighted by Crippen LogP contribution is 2.24. The predicted octanol–water partition coefficient (Wildman–Crippen LogP) is 4.41. The number of aromatic nitrogens is 1. The van der Waals surface area contributed by atoms with Crippen LogP contribution in [0.5, 0.6) is 11.5 Å². The van der Waals surface area contributed by atoms with Crippen molar-refractivity contribution in [3.8, 4) is 11.5 Å². The highest BCUT2D eigenvalue weighted by molar-refractivity contribution is 14.0. The fraction of sp³-hybridized carbons (Fsp3) is 0.455. The molecule has 6 nitrogen and oxygen atoms in total. The van der Waals surface area contributed by atoms with Crippen LogP contribution < -0.4 is 15.4 Å². The molecule has 0 fully saturated rings. The standard InChI is InChI=1S/C22H32FN5O.HI/c1-16(2)28(17(3)4)12-11-26-22(24-5)27-14-18-8-9-21(20(23)13-18)29-19-7-6-10-25-15-19;/h6-10,13,15-17H,11-12,14H2,1-5H3,(H2,24,26,27);1H. The van der Waals surface area contributed by atoms with Crippen molar-refractivity contribution in [2.24, 2.45) is 4.99 Å². The third kappa shape index (κ3) is 8.43. The van der Waals surface area contributed by atoms with Gasteiger partial charge in [0.15, 0.2) is 17.5 Å². The molecule has 0 aliphatic heterocycles. The average molecular weight is 529 g/mol. The summed E-state index contributed by atoms with van der Waals surface area (Å²) >= 11 is 0. The monoisotopic (exact) mass is 529 g/mol.